The molecule has 0 aromatic carbocycles. The topological polar surface area (TPSA) is 75.0 Å². The van der Waals surface area contributed by atoms with Crippen molar-refractivity contribution in [2.24, 2.45) is 0 Å². The van der Waals surface area contributed by atoms with Crippen LogP contribution < -0.4 is 5.32 Å². The molecular weight excluding hydrogens is 286 g/mol. The van der Waals surface area contributed by atoms with E-state index in [0.717, 1.165) is 9.88 Å². The molecule has 6 heteroatoms. The molecule has 0 bridgehead atoms. The van der Waals surface area contributed by atoms with Gasteiger partial charge in [-0.1, -0.05) is 20.8 Å². The maximum atomic E-state index is 11.8. The summed E-state index contributed by atoms with van der Waals surface area (Å²) in [6.07, 6.45) is 4.85. The Labute approximate surface area is 129 Å². The number of carbonyl (C=O) groups excluding carboxylic acids is 1. The number of nitrogens with one attached hydrogen (secondary N) is 1. The number of hydrogen-bond acceptors (Lipinski definition) is 5. The van der Waals surface area contributed by atoms with Crippen molar-refractivity contribution in [2.75, 3.05) is 13.7 Å². The number of nitrogens with zero attached hydrogens (tertiary/aromatic N) is 2. The minimum absolute atomic E-state index is 0.00311. The summed E-state index contributed by atoms with van der Waals surface area (Å²) < 4.78 is 4.93. The lowest BCUT2D eigenvalue weighted by molar-refractivity contribution is -0.118. The zero-order valence-electron chi connectivity index (χ0n) is 13.1. The van der Waals surface area contributed by atoms with Gasteiger partial charge in [-0.15, -0.1) is 11.3 Å². The smallest absolute Gasteiger partial charge is 0.245 e. The highest BCUT2D eigenvalue weighted by atomic mass is 32.1. The van der Waals surface area contributed by atoms with Crippen LogP contribution in [0.5, 0.6) is 0 Å². The number of methoxy groups -OCH3 is 1. The van der Waals surface area contributed by atoms with E-state index in [2.05, 4.69) is 31.1 Å². The van der Waals surface area contributed by atoms with E-state index in [0.29, 0.717) is 0 Å². The van der Waals surface area contributed by atoms with E-state index in [4.69, 9.17) is 10.00 Å². The fourth-order valence-electron chi connectivity index (χ4n) is 1.57. The summed E-state index contributed by atoms with van der Waals surface area (Å²) in [4.78, 5) is 17.1. The van der Waals surface area contributed by atoms with E-state index in [1.165, 1.54) is 13.2 Å². The van der Waals surface area contributed by atoms with Crippen molar-refractivity contribution in [1.82, 2.24) is 10.3 Å². The van der Waals surface area contributed by atoms with Crippen LogP contribution in [0.2, 0.25) is 0 Å². The molecule has 5 nitrogen and oxygen atoms in total. The fourth-order valence-corrected chi connectivity index (χ4v) is 2.44. The average molecular weight is 307 g/mol. The summed E-state index contributed by atoms with van der Waals surface area (Å²) in [5.41, 5.74) is -1.03. The second-order valence-electron chi connectivity index (χ2n) is 6.02. The van der Waals surface area contributed by atoms with Crippen molar-refractivity contribution in [2.45, 2.75) is 38.6 Å². The van der Waals surface area contributed by atoms with Crippen molar-refractivity contribution in [3.8, 4) is 6.07 Å². The van der Waals surface area contributed by atoms with E-state index >= 15 is 0 Å². The van der Waals surface area contributed by atoms with E-state index in [9.17, 15) is 4.79 Å². The first-order valence-electron chi connectivity index (χ1n) is 6.57. The third-order valence-corrected chi connectivity index (χ3v) is 4.03. The first-order chi connectivity index (χ1) is 9.70. The molecule has 1 rings (SSSR count). The lowest BCUT2D eigenvalue weighted by atomic mass is 9.98. The van der Waals surface area contributed by atoms with Crippen molar-refractivity contribution in [3.05, 3.63) is 22.2 Å². The molecule has 0 aliphatic heterocycles. The van der Waals surface area contributed by atoms with E-state index < -0.39 is 5.54 Å². The maximum absolute atomic E-state index is 11.8. The fraction of sp³-hybridized carbons (Fsp3) is 0.533. The Hall–Kier alpha value is -1.71. The predicted octanol–water partition coefficient (Wildman–Crippen LogP) is 2.50. The minimum Gasteiger partial charge on any atom is -0.381 e. The normalized spacial score (nSPS) is 14.7. The predicted molar refractivity (Wildman–Crippen MR) is 83.9 cm³/mol. The molecule has 0 fully saturated rings. The van der Waals surface area contributed by atoms with Gasteiger partial charge in [0.2, 0.25) is 5.91 Å². The van der Waals surface area contributed by atoms with Crippen LogP contribution >= 0.6 is 11.3 Å². The van der Waals surface area contributed by atoms with E-state index in [1.54, 1.807) is 30.5 Å². The molecule has 0 aliphatic rings. The van der Waals surface area contributed by atoms with Crippen molar-refractivity contribution in [3.63, 3.8) is 0 Å². The highest BCUT2D eigenvalue weighted by Gasteiger charge is 2.25. The van der Waals surface area contributed by atoms with E-state index in [-0.39, 0.29) is 17.9 Å². The molecule has 1 amide bonds. The van der Waals surface area contributed by atoms with Crippen LogP contribution in [0.15, 0.2) is 12.3 Å². The number of rotatable bonds is 5. The molecule has 0 aliphatic carbocycles. The molecule has 1 aromatic heterocycles. The summed E-state index contributed by atoms with van der Waals surface area (Å²) in [7, 11) is 1.49. The Morgan fingerprint density at radius 2 is 2.19 bits per heavy atom. The third-order valence-electron chi connectivity index (χ3n) is 2.64. The number of amides is 1. The van der Waals surface area contributed by atoms with Gasteiger partial charge in [-0.25, -0.2) is 4.98 Å². The lowest BCUT2D eigenvalue weighted by Crippen LogP contribution is -2.47. The first kappa shape index (κ1) is 17.3. The largest absolute Gasteiger partial charge is 0.381 e. The first-order valence-corrected chi connectivity index (χ1v) is 7.38. The molecule has 0 spiro atoms. The molecular formula is C15H21N3O2S. The standard InChI is InChI=1S/C15H21N3O2S/c1-14(2,3)13-17-8-11(21-13)6-7-12(19)18-15(4,9-16)10-20-5/h6-8H,10H2,1-5H3,(H,18,19). The van der Waals surface area contributed by atoms with Crippen LogP contribution in [-0.4, -0.2) is 30.1 Å². The number of thiazole rings is 1. The number of nitriles is 1. The van der Waals surface area contributed by atoms with Gasteiger partial charge in [0, 0.05) is 29.7 Å². The molecule has 0 saturated carbocycles. The number of carbonyl (C=O) groups is 1. The van der Waals surface area contributed by atoms with Crippen LogP contribution in [0.25, 0.3) is 6.08 Å². The molecule has 21 heavy (non-hydrogen) atoms. The SMILES string of the molecule is COCC(C)(C#N)NC(=O)C=Cc1cnc(C(C)(C)C)s1. The molecule has 1 atom stereocenters. The molecule has 1 aromatic rings. The summed E-state index contributed by atoms with van der Waals surface area (Å²) in [6.45, 7) is 8.03. The lowest BCUT2D eigenvalue weighted by Gasteiger charge is -2.20. The van der Waals surface area contributed by atoms with Crippen LogP contribution in [0.3, 0.4) is 0 Å². The van der Waals surface area contributed by atoms with Gasteiger partial charge in [0.15, 0.2) is 0 Å². The Balaban J connectivity index is 2.71. The maximum Gasteiger partial charge on any atom is 0.245 e. The van der Waals surface area contributed by atoms with Crippen molar-refractivity contribution in [1.29, 1.82) is 5.26 Å². The summed E-state index contributed by atoms with van der Waals surface area (Å²) in [5, 5.41) is 12.7. The second kappa shape index (κ2) is 6.83. The monoisotopic (exact) mass is 307 g/mol. The summed E-state index contributed by atoms with van der Waals surface area (Å²) in [5.74, 6) is -0.332. The molecule has 1 N–H and O–H groups in total. The Morgan fingerprint density at radius 3 is 2.67 bits per heavy atom. The Kier molecular flexibility index (Phi) is 5.64. The summed E-state index contributed by atoms with van der Waals surface area (Å²) in [6, 6.07) is 2.03. The van der Waals surface area contributed by atoms with Gasteiger partial charge in [-0.05, 0) is 13.0 Å². The highest BCUT2D eigenvalue weighted by Crippen LogP contribution is 2.27. The van der Waals surface area contributed by atoms with Crippen LogP contribution in [-0.2, 0) is 14.9 Å². The Morgan fingerprint density at radius 1 is 1.52 bits per heavy atom. The van der Waals surface area contributed by atoms with Crippen LogP contribution in [0.1, 0.15) is 37.6 Å². The third kappa shape index (κ3) is 5.29. The van der Waals surface area contributed by atoms with E-state index in [1.807, 2.05) is 6.07 Å². The van der Waals surface area contributed by atoms with Crippen LogP contribution in [0.4, 0.5) is 0 Å². The molecule has 1 unspecified atom stereocenters. The molecule has 0 saturated heterocycles. The van der Waals surface area contributed by atoms with Gasteiger partial charge in [0.25, 0.3) is 0 Å². The van der Waals surface area contributed by atoms with Crippen LogP contribution in [0, 0.1) is 11.3 Å². The number of aromatic nitrogens is 1. The van der Waals surface area contributed by atoms with Gasteiger partial charge in [0.05, 0.1) is 17.7 Å². The molecule has 0 radical (unpaired) electrons. The Bertz CT molecular complexity index is 566. The number of hydrogen-bond donors (Lipinski definition) is 1. The minimum atomic E-state index is -1.03. The quantitative estimate of drug-likeness (QED) is 0.848. The van der Waals surface area contributed by atoms with Crippen molar-refractivity contribution < 1.29 is 9.53 Å². The van der Waals surface area contributed by atoms with Gasteiger partial charge in [-0.3, -0.25) is 4.79 Å². The van der Waals surface area contributed by atoms with Gasteiger partial charge in [0.1, 0.15) is 5.54 Å². The average Bonchev–Trinajstić information content (AvgIpc) is 2.85. The molecule has 114 valence electrons. The second-order valence-corrected chi connectivity index (χ2v) is 7.08. The summed E-state index contributed by atoms with van der Waals surface area (Å²) >= 11 is 1.55. The molecule has 1 heterocycles. The zero-order chi connectivity index (χ0) is 16.1. The zero-order valence-corrected chi connectivity index (χ0v) is 13.9. The van der Waals surface area contributed by atoms with Gasteiger partial charge < -0.3 is 10.1 Å². The van der Waals surface area contributed by atoms with Gasteiger partial charge >= 0.3 is 0 Å². The number of ether oxygens (including phenoxy) is 1. The highest BCUT2D eigenvalue weighted by molar-refractivity contribution is 7.12. The van der Waals surface area contributed by atoms with Gasteiger partial charge in [-0.2, -0.15) is 5.26 Å². The van der Waals surface area contributed by atoms with Crippen molar-refractivity contribution >= 4 is 23.3 Å².